The van der Waals surface area contributed by atoms with Crippen LogP contribution < -0.4 is 10.1 Å². The van der Waals surface area contributed by atoms with Gasteiger partial charge in [-0.25, -0.2) is 14.1 Å². The summed E-state index contributed by atoms with van der Waals surface area (Å²) in [7, 11) is 0. The maximum absolute atomic E-state index is 12.3. The third-order valence-corrected chi connectivity index (χ3v) is 5.64. The maximum Gasteiger partial charge on any atom is 0.309 e. The van der Waals surface area contributed by atoms with E-state index in [1.165, 1.54) is 11.9 Å². The number of carbonyl (C=O) groups is 1. The van der Waals surface area contributed by atoms with Gasteiger partial charge in [-0.1, -0.05) is 42.5 Å². The first-order valence-electron chi connectivity index (χ1n) is 9.54. The fraction of sp³-hybridized carbons (Fsp3) is 0.182. The molecule has 4 rings (SSSR count). The molecule has 0 fully saturated rings. The highest BCUT2D eigenvalue weighted by Crippen LogP contribution is 2.36. The van der Waals surface area contributed by atoms with E-state index in [0.29, 0.717) is 22.6 Å². The highest BCUT2D eigenvalue weighted by Gasteiger charge is 2.35. The van der Waals surface area contributed by atoms with Gasteiger partial charge in [0.1, 0.15) is 5.60 Å². The van der Waals surface area contributed by atoms with E-state index >= 15 is 0 Å². The molecule has 3 aromatic rings. The number of rotatable bonds is 6. The summed E-state index contributed by atoms with van der Waals surface area (Å²) in [5.74, 6) is -0.153. The van der Waals surface area contributed by atoms with Crippen LogP contribution in [0.2, 0.25) is 0 Å². The molecule has 2 heterocycles. The van der Waals surface area contributed by atoms with Gasteiger partial charge in [0.05, 0.1) is 24.1 Å². The van der Waals surface area contributed by atoms with Crippen LogP contribution in [0.4, 0.5) is 5.95 Å². The van der Waals surface area contributed by atoms with Gasteiger partial charge in [0, 0.05) is 18.1 Å². The summed E-state index contributed by atoms with van der Waals surface area (Å²) in [5.41, 5.74) is 7.18. The number of fused-ring (bicyclic) bond motifs is 1. The third kappa shape index (κ3) is 3.67. The second kappa shape index (κ2) is 8.25. The molecular weight excluding hydrogens is 400 g/mol. The van der Waals surface area contributed by atoms with Gasteiger partial charge in [0.25, 0.3) is 0 Å². The molecule has 0 bridgehead atoms. The summed E-state index contributed by atoms with van der Waals surface area (Å²) < 4.78 is 8.74. The lowest BCUT2D eigenvalue weighted by Crippen LogP contribution is -2.31. The molecular formula is C22H22N4O3S. The highest BCUT2D eigenvalue weighted by molar-refractivity contribution is 8.03. The normalized spacial score (nSPS) is 15.3. The average Bonchev–Trinajstić information content (AvgIpc) is 3.10. The lowest BCUT2D eigenvalue weighted by atomic mass is 9.83. The number of nitrogen functional groups attached to an aromatic ring is 1. The van der Waals surface area contributed by atoms with Gasteiger partial charge in [0.2, 0.25) is 5.95 Å². The summed E-state index contributed by atoms with van der Waals surface area (Å²) in [6.45, 7) is 1.99. The Balaban J connectivity index is 1.84. The largest absolute Gasteiger partial charge is 0.466 e. The van der Waals surface area contributed by atoms with E-state index in [1.807, 2.05) is 52.4 Å². The van der Waals surface area contributed by atoms with Gasteiger partial charge in [-0.2, -0.15) is 0 Å². The monoisotopic (exact) mass is 422 g/mol. The number of imidazole rings is 1. The van der Waals surface area contributed by atoms with Crippen molar-refractivity contribution in [3.63, 3.8) is 0 Å². The molecule has 1 aliphatic rings. The molecule has 0 saturated carbocycles. The number of ether oxygens (including phenoxy) is 1. The summed E-state index contributed by atoms with van der Waals surface area (Å²) in [4.78, 5) is 16.8. The smallest absolute Gasteiger partial charge is 0.309 e. The molecule has 0 saturated heterocycles. The molecule has 0 amide bonds. The van der Waals surface area contributed by atoms with Crippen molar-refractivity contribution in [2.75, 3.05) is 16.8 Å². The zero-order valence-electron chi connectivity index (χ0n) is 16.4. The lowest BCUT2D eigenvalue weighted by molar-refractivity contribution is -0.147. The average molecular weight is 423 g/mol. The Morgan fingerprint density at radius 1 is 1.20 bits per heavy atom. The van der Waals surface area contributed by atoms with Gasteiger partial charge in [0.15, 0.2) is 0 Å². The van der Waals surface area contributed by atoms with E-state index in [-0.39, 0.29) is 13.0 Å². The number of nitrogens with two attached hydrogens (primary N) is 1. The molecule has 0 spiro atoms. The van der Waals surface area contributed by atoms with Crippen LogP contribution in [0.1, 0.15) is 24.5 Å². The SMILES string of the molecule is CCOC(=O)CC(O)(c1ccccc1)c1ccc2nc(N)n(N3C=CC=CS3)c2c1. The lowest BCUT2D eigenvalue weighted by Gasteiger charge is -2.29. The van der Waals surface area contributed by atoms with Crippen molar-refractivity contribution in [1.82, 2.24) is 9.66 Å². The maximum atomic E-state index is 12.3. The Morgan fingerprint density at radius 3 is 2.70 bits per heavy atom. The minimum Gasteiger partial charge on any atom is -0.466 e. The van der Waals surface area contributed by atoms with Crippen molar-refractivity contribution in [3.05, 3.63) is 83.4 Å². The van der Waals surface area contributed by atoms with Crippen LogP contribution >= 0.6 is 11.9 Å². The first-order chi connectivity index (χ1) is 14.5. The number of hydrogen-bond acceptors (Lipinski definition) is 7. The third-order valence-electron chi connectivity index (χ3n) is 4.86. The molecule has 1 aliphatic heterocycles. The second-order valence-electron chi connectivity index (χ2n) is 6.77. The van der Waals surface area contributed by atoms with Crippen LogP contribution in [0.3, 0.4) is 0 Å². The van der Waals surface area contributed by atoms with Gasteiger partial charge >= 0.3 is 5.97 Å². The van der Waals surface area contributed by atoms with E-state index in [9.17, 15) is 9.90 Å². The van der Waals surface area contributed by atoms with Crippen molar-refractivity contribution < 1.29 is 14.6 Å². The summed E-state index contributed by atoms with van der Waals surface area (Å²) >= 11 is 1.45. The molecule has 1 atom stereocenters. The van der Waals surface area contributed by atoms with Crippen LogP contribution in [0, 0.1) is 0 Å². The molecule has 7 nitrogen and oxygen atoms in total. The zero-order chi connectivity index (χ0) is 21.1. The Hall–Kier alpha value is -3.23. The van der Waals surface area contributed by atoms with Crippen molar-refractivity contribution >= 4 is 34.9 Å². The van der Waals surface area contributed by atoms with Crippen molar-refractivity contribution in [1.29, 1.82) is 0 Å². The Kier molecular flexibility index (Phi) is 5.52. The van der Waals surface area contributed by atoms with E-state index in [2.05, 4.69) is 4.98 Å². The van der Waals surface area contributed by atoms with Crippen LogP contribution in [0.15, 0.2) is 72.3 Å². The standard InChI is InChI=1S/C22H22N4O3S/c1-2-29-20(27)15-22(28,16-8-4-3-5-9-16)17-10-11-18-19(14-17)26(21(23)24-18)25-12-6-7-13-30-25/h3-14,28H,2,15H2,1H3,(H2,23,24). The second-order valence-corrected chi connectivity index (χ2v) is 7.63. The zero-order valence-corrected chi connectivity index (χ0v) is 17.2. The number of esters is 1. The number of allylic oxidation sites excluding steroid dienone is 2. The fourth-order valence-electron chi connectivity index (χ4n) is 3.47. The minimum absolute atomic E-state index is 0.207. The van der Waals surface area contributed by atoms with E-state index in [4.69, 9.17) is 10.5 Å². The number of aromatic nitrogens is 2. The molecule has 1 aromatic heterocycles. The molecule has 2 aromatic carbocycles. The summed E-state index contributed by atoms with van der Waals surface area (Å²) in [6, 6.07) is 14.5. The Morgan fingerprint density at radius 2 is 2.00 bits per heavy atom. The van der Waals surface area contributed by atoms with Gasteiger partial charge in [-0.15, -0.1) is 0 Å². The number of aliphatic hydroxyl groups is 1. The van der Waals surface area contributed by atoms with E-state index in [0.717, 1.165) is 5.52 Å². The Labute approximate surface area is 178 Å². The number of nitrogens with zero attached hydrogens (tertiary/aromatic N) is 3. The van der Waals surface area contributed by atoms with Crippen LogP contribution in [0.25, 0.3) is 11.0 Å². The molecule has 8 heteroatoms. The van der Waals surface area contributed by atoms with Crippen molar-refractivity contribution in [2.24, 2.45) is 0 Å². The van der Waals surface area contributed by atoms with Crippen molar-refractivity contribution in [3.8, 4) is 0 Å². The fourth-order valence-corrected chi connectivity index (χ4v) is 4.16. The van der Waals surface area contributed by atoms with Gasteiger partial charge in [-0.05, 0) is 41.7 Å². The van der Waals surface area contributed by atoms with Gasteiger partial charge < -0.3 is 15.6 Å². The Bertz CT molecular complexity index is 1130. The molecule has 3 N–H and O–H groups in total. The number of anilines is 1. The topological polar surface area (TPSA) is 93.6 Å². The minimum atomic E-state index is -1.56. The highest BCUT2D eigenvalue weighted by atomic mass is 32.2. The number of benzene rings is 2. The predicted octanol–water partition coefficient (Wildman–Crippen LogP) is 3.43. The number of hydrogen-bond donors (Lipinski definition) is 2. The molecule has 0 aliphatic carbocycles. The van der Waals surface area contributed by atoms with Crippen LogP contribution in [-0.4, -0.2) is 27.3 Å². The summed E-state index contributed by atoms with van der Waals surface area (Å²) in [6.07, 6.45) is 5.49. The quantitative estimate of drug-likeness (QED) is 0.464. The first kappa shape index (κ1) is 20.1. The summed E-state index contributed by atoms with van der Waals surface area (Å²) in [5, 5.41) is 13.6. The number of carbonyl (C=O) groups excluding carboxylic acids is 1. The molecule has 1 unspecified atom stereocenters. The van der Waals surface area contributed by atoms with Crippen molar-refractivity contribution in [2.45, 2.75) is 18.9 Å². The molecule has 0 radical (unpaired) electrons. The predicted molar refractivity (Wildman–Crippen MR) is 119 cm³/mol. The van der Waals surface area contributed by atoms with Gasteiger partial charge in [-0.3, -0.25) is 4.79 Å². The first-order valence-corrected chi connectivity index (χ1v) is 10.4. The van der Waals surface area contributed by atoms with Crippen LogP contribution in [0.5, 0.6) is 0 Å². The molecule has 30 heavy (non-hydrogen) atoms. The van der Waals surface area contributed by atoms with Crippen LogP contribution in [-0.2, 0) is 15.1 Å². The molecule has 154 valence electrons. The van der Waals surface area contributed by atoms with E-state index in [1.54, 1.807) is 35.9 Å². The van der Waals surface area contributed by atoms with E-state index < -0.39 is 11.6 Å².